The summed E-state index contributed by atoms with van der Waals surface area (Å²) < 4.78 is 5.55. The van der Waals surface area contributed by atoms with Crippen LogP contribution in [0.2, 0.25) is 0 Å². The highest BCUT2D eigenvalue weighted by atomic mass is 17.2. The number of aliphatic carboxylic acids is 1. The van der Waals surface area contributed by atoms with Crippen LogP contribution in [0.4, 0.5) is 0 Å². The standard InChI is InChI=1S/C22H32O6/c1-12(2)15-5-6-16-19-17-9-13(3)18(28-27-17)10-21(19,11-26-14(4)23)7-8-22(15,16)20(24)25/h9,12,15-19H,5-8,10-11H2,1-4H3,(H,24,25). The molecule has 0 aromatic heterocycles. The Bertz CT molecular complexity index is 699. The maximum Gasteiger partial charge on any atom is 0.310 e. The molecule has 2 saturated carbocycles. The highest BCUT2D eigenvalue weighted by molar-refractivity contribution is 5.76. The van der Waals surface area contributed by atoms with E-state index in [-0.39, 0.29) is 41.3 Å². The third-order valence-corrected chi connectivity index (χ3v) is 8.22. The van der Waals surface area contributed by atoms with Gasteiger partial charge in [-0.15, -0.1) is 0 Å². The second-order valence-corrected chi connectivity index (χ2v) is 9.81. The van der Waals surface area contributed by atoms with Crippen LogP contribution in [0.3, 0.4) is 0 Å². The van der Waals surface area contributed by atoms with Gasteiger partial charge in [0.25, 0.3) is 0 Å². The zero-order valence-corrected chi connectivity index (χ0v) is 17.3. The summed E-state index contributed by atoms with van der Waals surface area (Å²) in [6.45, 7) is 8.07. The molecule has 3 fully saturated rings. The third-order valence-electron chi connectivity index (χ3n) is 8.22. The van der Waals surface area contributed by atoms with E-state index >= 15 is 0 Å². The molecule has 3 aliphatic carbocycles. The van der Waals surface area contributed by atoms with Gasteiger partial charge < -0.3 is 9.84 Å². The predicted molar refractivity (Wildman–Crippen MR) is 101 cm³/mol. The molecule has 2 aliphatic heterocycles. The summed E-state index contributed by atoms with van der Waals surface area (Å²) in [5.41, 5.74) is 0.0973. The zero-order chi connectivity index (χ0) is 20.3. The summed E-state index contributed by atoms with van der Waals surface area (Å²) >= 11 is 0. The van der Waals surface area contributed by atoms with Crippen molar-refractivity contribution in [2.24, 2.45) is 34.5 Å². The van der Waals surface area contributed by atoms with Crippen LogP contribution >= 0.6 is 0 Å². The van der Waals surface area contributed by atoms with Gasteiger partial charge in [-0.25, -0.2) is 9.78 Å². The predicted octanol–water partition coefficient (Wildman–Crippen LogP) is 3.75. The van der Waals surface area contributed by atoms with Crippen LogP contribution in [-0.2, 0) is 24.1 Å². The normalized spacial score (nSPS) is 44.5. The SMILES string of the molecule is CC(=O)OCC12CCC3(C(=O)O)C(C(C)C)CCC3C1C1C=C(C)C(C2)OO1. The number of fused-ring (bicyclic) bond motifs is 2. The molecule has 0 amide bonds. The van der Waals surface area contributed by atoms with Gasteiger partial charge in [0.1, 0.15) is 12.2 Å². The van der Waals surface area contributed by atoms with E-state index in [2.05, 4.69) is 19.9 Å². The van der Waals surface area contributed by atoms with Crippen molar-refractivity contribution >= 4 is 11.9 Å². The lowest BCUT2D eigenvalue weighted by atomic mass is 9.49. The van der Waals surface area contributed by atoms with E-state index in [4.69, 9.17) is 14.5 Å². The molecule has 0 aromatic carbocycles. The minimum atomic E-state index is -0.730. The Kier molecular flexibility index (Phi) is 4.86. The van der Waals surface area contributed by atoms with Gasteiger partial charge in [0, 0.05) is 18.3 Å². The van der Waals surface area contributed by atoms with Crippen LogP contribution in [0.25, 0.3) is 0 Å². The summed E-state index contributed by atoms with van der Waals surface area (Å²) in [4.78, 5) is 35.8. The maximum absolute atomic E-state index is 12.7. The average Bonchev–Trinajstić information content (AvgIpc) is 2.89. The van der Waals surface area contributed by atoms with E-state index < -0.39 is 11.4 Å². The van der Waals surface area contributed by atoms with Crippen LogP contribution < -0.4 is 0 Å². The van der Waals surface area contributed by atoms with Crippen molar-refractivity contribution in [1.82, 2.24) is 0 Å². The Morgan fingerprint density at radius 1 is 1.29 bits per heavy atom. The average molecular weight is 392 g/mol. The van der Waals surface area contributed by atoms with Crippen molar-refractivity contribution in [1.29, 1.82) is 0 Å². The van der Waals surface area contributed by atoms with Crippen LogP contribution in [0.5, 0.6) is 0 Å². The second kappa shape index (κ2) is 6.84. The Morgan fingerprint density at radius 3 is 2.64 bits per heavy atom. The van der Waals surface area contributed by atoms with Crippen molar-refractivity contribution in [3.8, 4) is 0 Å². The molecule has 0 spiro atoms. The number of rotatable bonds is 4. The summed E-state index contributed by atoms with van der Waals surface area (Å²) in [7, 11) is 0. The van der Waals surface area contributed by atoms with E-state index in [0.717, 1.165) is 24.8 Å². The van der Waals surface area contributed by atoms with Crippen molar-refractivity contribution in [2.45, 2.75) is 72.0 Å². The fourth-order valence-electron chi connectivity index (χ4n) is 7.04. The molecular formula is C22H32O6. The van der Waals surface area contributed by atoms with E-state index in [0.29, 0.717) is 25.4 Å². The summed E-state index contributed by atoms with van der Waals surface area (Å²) in [5.74, 6) is -0.515. The first-order valence-electron chi connectivity index (χ1n) is 10.6. The quantitative estimate of drug-likeness (QED) is 0.446. The lowest BCUT2D eigenvalue weighted by Gasteiger charge is -2.54. The summed E-state index contributed by atoms with van der Waals surface area (Å²) in [6.07, 6.45) is 5.54. The van der Waals surface area contributed by atoms with Crippen LogP contribution in [0, 0.1) is 34.5 Å². The van der Waals surface area contributed by atoms with E-state index in [1.807, 2.05) is 6.92 Å². The van der Waals surface area contributed by atoms with Gasteiger partial charge in [0.2, 0.25) is 0 Å². The van der Waals surface area contributed by atoms with Gasteiger partial charge in [-0.3, -0.25) is 9.59 Å². The van der Waals surface area contributed by atoms with Gasteiger partial charge in [0.05, 0.1) is 12.0 Å². The summed E-state index contributed by atoms with van der Waals surface area (Å²) in [5, 5.41) is 10.4. The van der Waals surface area contributed by atoms with Crippen molar-refractivity contribution in [2.75, 3.05) is 6.61 Å². The third kappa shape index (κ3) is 2.75. The molecule has 28 heavy (non-hydrogen) atoms. The molecule has 1 N–H and O–H groups in total. The minimum Gasteiger partial charge on any atom is -0.481 e. The first kappa shape index (κ1) is 19.9. The number of hydrogen-bond acceptors (Lipinski definition) is 5. The lowest BCUT2D eigenvalue weighted by Crippen LogP contribution is -2.57. The smallest absolute Gasteiger partial charge is 0.310 e. The molecule has 156 valence electrons. The molecule has 0 aromatic rings. The topological polar surface area (TPSA) is 82.1 Å². The van der Waals surface area contributed by atoms with E-state index in [1.165, 1.54) is 6.92 Å². The number of carboxylic acids is 1. The second-order valence-electron chi connectivity index (χ2n) is 9.81. The number of hydrogen-bond donors (Lipinski definition) is 1. The number of ether oxygens (including phenoxy) is 1. The van der Waals surface area contributed by atoms with Crippen molar-refractivity contribution in [3.63, 3.8) is 0 Å². The molecule has 5 rings (SSSR count). The van der Waals surface area contributed by atoms with Gasteiger partial charge >= 0.3 is 11.9 Å². The molecule has 1 saturated heterocycles. The molecule has 6 nitrogen and oxygen atoms in total. The molecular weight excluding hydrogens is 360 g/mol. The van der Waals surface area contributed by atoms with Crippen molar-refractivity contribution in [3.05, 3.63) is 11.6 Å². The largest absolute Gasteiger partial charge is 0.481 e. The van der Waals surface area contributed by atoms with E-state index in [9.17, 15) is 14.7 Å². The number of esters is 1. The lowest BCUT2D eigenvalue weighted by molar-refractivity contribution is -0.344. The highest BCUT2D eigenvalue weighted by Crippen LogP contribution is 2.67. The molecule has 2 bridgehead atoms. The molecule has 6 heteroatoms. The minimum absolute atomic E-state index is 0.00351. The van der Waals surface area contributed by atoms with Gasteiger partial charge in [-0.05, 0) is 62.4 Å². The van der Waals surface area contributed by atoms with Crippen LogP contribution in [0.1, 0.15) is 59.8 Å². The van der Waals surface area contributed by atoms with Gasteiger partial charge in [0.15, 0.2) is 0 Å². The first-order chi connectivity index (χ1) is 13.2. The van der Waals surface area contributed by atoms with E-state index in [1.54, 1.807) is 0 Å². The monoisotopic (exact) mass is 392 g/mol. The molecule has 2 heterocycles. The van der Waals surface area contributed by atoms with Crippen LogP contribution in [0.15, 0.2) is 11.6 Å². The number of carbonyl (C=O) groups excluding carboxylic acids is 1. The fraction of sp³-hybridized carbons (Fsp3) is 0.818. The summed E-state index contributed by atoms with van der Waals surface area (Å²) in [6, 6.07) is 0. The van der Waals surface area contributed by atoms with Gasteiger partial charge in [-0.1, -0.05) is 19.9 Å². The Hall–Kier alpha value is -1.40. The maximum atomic E-state index is 12.7. The number of carbonyl (C=O) groups is 2. The van der Waals surface area contributed by atoms with Crippen molar-refractivity contribution < 1.29 is 29.2 Å². The highest BCUT2D eigenvalue weighted by Gasteiger charge is 2.68. The first-order valence-corrected chi connectivity index (χ1v) is 10.6. The molecule has 5 aliphatic rings. The Balaban J connectivity index is 1.80. The fourth-order valence-corrected chi connectivity index (χ4v) is 7.04. The zero-order valence-electron chi connectivity index (χ0n) is 17.3. The Labute approximate surface area is 166 Å². The molecule has 0 radical (unpaired) electrons. The molecule has 7 atom stereocenters. The van der Waals surface area contributed by atoms with Gasteiger partial charge in [-0.2, -0.15) is 0 Å². The Morgan fingerprint density at radius 2 is 2.04 bits per heavy atom. The number of carboxylic acid groups (broad SMARTS) is 1. The van der Waals surface area contributed by atoms with Crippen LogP contribution in [-0.4, -0.2) is 35.9 Å². The molecule has 7 unspecified atom stereocenters.